The summed E-state index contributed by atoms with van der Waals surface area (Å²) >= 11 is 0. The summed E-state index contributed by atoms with van der Waals surface area (Å²) in [6, 6.07) is 10.7. The van der Waals surface area contributed by atoms with E-state index < -0.39 is 0 Å². The number of benzene rings is 1. The largest absolute Gasteiger partial charge is 0.0804 e. The quantitative estimate of drug-likeness (QED) is 0.662. The van der Waals surface area contributed by atoms with Crippen molar-refractivity contribution in [2.75, 3.05) is 0 Å². The molecule has 2 bridgehead atoms. The molecule has 0 amide bonds. The van der Waals surface area contributed by atoms with Gasteiger partial charge in [-0.05, 0) is 24.3 Å². The van der Waals surface area contributed by atoms with Gasteiger partial charge in [-0.1, -0.05) is 78.4 Å². The van der Waals surface area contributed by atoms with Crippen LogP contribution >= 0.6 is 0 Å². The Labute approximate surface area is 109 Å². The van der Waals surface area contributed by atoms with E-state index in [4.69, 9.17) is 0 Å². The minimum Gasteiger partial charge on any atom is -0.0804 e. The number of rotatable bonds is 2. The van der Waals surface area contributed by atoms with Crippen LogP contribution in [0.4, 0.5) is 0 Å². The van der Waals surface area contributed by atoms with Gasteiger partial charge in [-0.3, -0.25) is 0 Å². The smallest absolute Gasteiger partial charge is 0.0161 e. The molecule has 0 aromatic heterocycles. The second-order valence-electron chi connectivity index (χ2n) is 5.02. The molecule has 1 aromatic carbocycles. The minimum atomic E-state index is 0.509. The predicted octanol–water partition coefficient (Wildman–Crippen LogP) is 4.47. The maximum absolute atomic E-state index is 2.42. The molecule has 0 aliphatic heterocycles. The topological polar surface area (TPSA) is 0 Å². The Bertz CT molecular complexity index is 514. The molecule has 4 rings (SSSR count). The van der Waals surface area contributed by atoms with Gasteiger partial charge in [0.05, 0.1) is 0 Å². The lowest BCUT2D eigenvalue weighted by Gasteiger charge is -2.24. The number of hydrogen-bond donors (Lipinski definition) is 0. The lowest BCUT2D eigenvalue weighted by Crippen LogP contribution is -2.10. The van der Waals surface area contributed by atoms with Gasteiger partial charge in [0, 0.05) is 5.92 Å². The van der Waals surface area contributed by atoms with E-state index in [1.807, 2.05) is 0 Å². The van der Waals surface area contributed by atoms with Gasteiger partial charge in [-0.15, -0.1) is 0 Å². The van der Waals surface area contributed by atoms with Crippen LogP contribution in [0.3, 0.4) is 0 Å². The third-order valence-corrected chi connectivity index (χ3v) is 3.70. The first-order chi connectivity index (χ1) is 8.92. The van der Waals surface area contributed by atoms with Crippen molar-refractivity contribution in [3.8, 4) is 0 Å². The van der Waals surface area contributed by atoms with E-state index in [0.717, 1.165) is 6.42 Å². The molecular weight excluding hydrogens is 216 g/mol. The Morgan fingerprint density at radius 2 is 1.78 bits per heavy atom. The highest BCUT2D eigenvalue weighted by atomic mass is 14.2. The zero-order valence-corrected chi connectivity index (χ0v) is 10.5. The van der Waals surface area contributed by atoms with Crippen LogP contribution in [0, 0.1) is 11.8 Å². The average molecular weight is 234 g/mol. The molecule has 90 valence electrons. The van der Waals surface area contributed by atoms with E-state index in [1.165, 1.54) is 12.0 Å². The molecule has 0 unspecified atom stereocenters. The highest BCUT2D eigenvalue weighted by molar-refractivity contribution is 5.32. The van der Waals surface area contributed by atoms with Gasteiger partial charge >= 0.3 is 0 Å². The maximum Gasteiger partial charge on any atom is 0.0161 e. The second kappa shape index (κ2) is 5.22. The Hall–Kier alpha value is -1.82. The number of allylic oxidation sites excluding steroid dienone is 8. The Morgan fingerprint density at radius 1 is 0.944 bits per heavy atom. The fourth-order valence-electron chi connectivity index (χ4n) is 2.66. The van der Waals surface area contributed by atoms with Crippen molar-refractivity contribution < 1.29 is 0 Å². The lowest BCUT2D eigenvalue weighted by molar-refractivity contribution is 0.689. The van der Waals surface area contributed by atoms with Crippen LogP contribution in [-0.2, 0) is 6.42 Å². The minimum absolute atomic E-state index is 0.509. The predicted molar refractivity (Wildman–Crippen MR) is 77.2 cm³/mol. The molecule has 3 aliphatic rings. The third kappa shape index (κ3) is 2.53. The van der Waals surface area contributed by atoms with Gasteiger partial charge in [0.1, 0.15) is 0 Å². The highest BCUT2D eigenvalue weighted by Crippen LogP contribution is 2.31. The van der Waals surface area contributed by atoms with Crippen molar-refractivity contribution in [3.05, 3.63) is 84.0 Å². The standard InChI is InChI=1S/C18H18/c1-2-6-15(7-3-1)10-13-18-14-16-8-4-5-9-17(18)12-11-16/h1-9,11-13,16-17H,10,14H2/b8-4?,9-5-,18-13+/t16-,17+/m0/s1. The summed E-state index contributed by atoms with van der Waals surface area (Å²) in [5.74, 6) is 1.10. The molecule has 0 heterocycles. The van der Waals surface area contributed by atoms with Crippen LogP contribution in [-0.4, -0.2) is 0 Å². The molecular formula is C18H18. The van der Waals surface area contributed by atoms with E-state index >= 15 is 0 Å². The Morgan fingerprint density at radius 3 is 2.67 bits per heavy atom. The highest BCUT2D eigenvalue weighted by Gasteiger charge is 2.17. The van der Waals surface area contributed by atoms with Crippen molar-refractivity contribution in [1.29, 1.82) is 0 Å². The van der Waals surface area contributed by atoms with Crippen molar-refractivity contribution in [2.45, 2.75) is 12.8 Å². The first-order valence-electron chi connectivity index (χ1n) is 6.68. The van der Waals surface area contributed by atoms with Crippen LogP contribution in [0.25, 0.3) is 0 Å². The van der Waals surface area contributed by atoms with Crippen LogP contribution < -0.4 is 0 Å². The molecule has 0 saturated heterocycles. The number of hydrogen-bond acceptors (Lipinski definition) is 0. The molecule has 0 nitrogen and oxygen atoms in total. The summed E-state index contributed by atoms with van der Waals surface area (Å²) in [6.07, 6.45) is 18.2. The molecule has 0 fully saturated rings. The fraction of sp³-hybridized carbons (Fsp3) is 0.222. The molecule has 18 heavy (non-hydrogen) atoms. The summed E-state index contributed by atoms with van der Waals surface area (Å²) in [4.78, 5) is 0. The fourth-order valence-corrected chi connectivity index (χ4v) is 2.66. The van der Waals surface area contributed by atoms with E-state index in [9.17, 15) is 0 Å². The molecule has 2 atom stereocenters. The van der Waals surface area contributed by atoms with Crippen molar-refractivity contribution in [1.82, 2.24) is 0 Å². The summed E-state index contributed by atoms with van der Waals surface area (Å²) < 4.78 is 0. The zero-order valence-electron chi connectivity index (χ0n) is 10.5. The van der Waals surface area contributed by atoms with E-state index in [2.05, 4.69) is 72.9 Å². The van der Waals surface area contributed by atoms with Crippen LogP contribution in [0.5, 0.6) is 0 Å². The summed E-state index contributed by atoms with van der Waals surface area (Å²) in [5.41, 5.74) is 2.96. The Kier molecular flexibility index (Phi) is 3.27. The zero-order chi connectivity index (χ0) is 12.2. The molecule has 0 N–H and O–H groups in total. The normalized spacial score (nSPS) is 29.2. The van der Waals surface area contributed by atoms with Gasteiger partial charge in [-0.25, -0.2) is 0 Å². The van der Waals surface area contributed by atoms with Crippen LogP contribution in [0.2, 0.25) is 0 Å². The van der Waals surface area contributed by atoms with Gasteiger partial charge < -0.3 is 0 Å². The van der Waals surface area contributed by atoms with E-state index in [0.29, 0.717) is 11.8 Å². The molecule has 1 aromatic rings. The van der Waals surface area contributed by atoms with Crippen molar-refractivity contribution in [3.63, 3.8) is 0 Å². The summed E-state index contributed by atoms with van der Waals surface area (Å²) in [6.45, 7) is 0. The third-order valence-electron chi connectivity index (χ3n) is 3.70. The molecule has 0 saturated carbocycles. The monoisotopic (exact) mass is 234 g/mol. The summed E-state index contributed by atoms with van der Waals surface area (Å²) in [7, 11) is 0. The first-order valence-corrected chi connectivity index (χ1v) is 6.68. The van der Waals surface area contributed by atoms with Gasteiger partial charge in [-0.2, -0.15) is 0 Å². The summed E-state index contributed by atoms with van der Waals surface area (Å²) in [5, 5.41) is 0. The molecule has 0 radical (unpaired) electrons. The SMILES string of the molecule is C1=C[C@H]2C=C[C@@H](/C=C\1)/C(=C/Cc1ccccc1)C2. The average Bonchev–Trinajstić information content (AvgIpc) is 2.38. The van der Waals surface area contributed by atoms with E-state index in [-0.39, 0.29) is 0 Å². The first kappa shape index (κ1) is 11.3. The van der Waals surface area contributed by atoms with Crippen LogP contribution in [0.1, 0.15) is 12.0 Å². The maximum atomic E-state index is 2.42. The van der Waals surface area contributed by atoms with Gasteiger partial charge in [0.2, 0.25) is 0 Å². The van der Waals surface area contributed by atoms with Crippen molar-refractivity contribution in [2.24, 2.45) is 11.8 Å². The Balaban J connectivity index is 1.79. The molecule has 0 spiro atoms. The van der Waals surface area contributed by atoms with Gasteiger partial charge in [0.15, 0.2) is 0 Å². The molecule has 0 heteroatoms. The van der Waals surface area contributed by atoms with Crippen molar-refractivity contribution >= 4 is 0 Å². The second-order valence-corrected chi connectivity index (χ2v) is 5.02. The lowest BCUT2D eigenvalue weighted by atomic mass is 9.81. The molecule has 3 aliphatic carbocycles. The van der Waals surface area contributed by atoms with E-state index in [1.54, 1.807) is 5.57 Å². The number of fused-ring (bicyclic) bond motifs is 2. The van der Waals surface area contributed by atoms with Gasteiger partial charge in [0.25, 0.3) is 0 Å². The van der Waals surface area contributed by atoms with Crippen LogP contribution in [0.15, 0.2) is 78.4 Å².